The van der Waals surface area contributed by atoms with Gasteiger partial charge in [-0.15, -0.1) is 0 Å². The zero-order chi connectivity index (χ0) is 7.78. The van der Waals surface area contributed by atoms with Gasteiger partial charge in [0.1, 0.15) is 11.9 Å². The number of halogens is 2. The number of aliphatic hydroxyl groups excluding tert-OH is 1. The topological polar surface area (TPSA) is 40.5 Å². The predicted molar refractivity (Wildman–Crippen MR) is 30.4 cm³/mol. The Morgan fingerprint density at radius 1 is 1.60 bits per heavy atom. The Hall–Kier alpha value is -0.740. The van der Waals surface area contributed by atoms with Gasteiger partial charge in [-0.1, -0.05) is 0 Å². The molecule has 0 radical (unpaired) electrons. The highest BCUT2D eigenvalue weighted by Gasteiger charge is 2.26. The van der Waals surface area contributed by atoms with Crippen LogP contribution in [0.4, 0.5) is 8.78 Å². The molecule has 10 heavy (non-hydrogen) atoms. The molecule has 0 fully saturated rings. The fourth-order valence-corrected chi connectivity index (χ4v) is 0.645. The minimum Gasteiger partial charge on any atom is -0.382 e. The van der Waals surface area contributed by atoms with Crippen molar-refractivity contribution in [3.63, 3.8) is 0 Å². The molecule has 0 aromatic heterocycles. The largest absolute Gasteiger partial charge is 0.382 e. The van der Waals surface area contributed by atoms with Gasteiger partial charge in [0.15, 0.2) is 0 Å². The molecule has 2 N–H and O–H groups in total. The summed E-state index contributed by atoms with van der Waals surface area (Å²) in [5, 5.41) is 17.1. The van der Waals surface area contributed by atoms with Crippen molar-refractivity contribution < 1.29 is 19.0 Å². The van der Waals surface area contributed by atoms with Gasteiger partial charge in [0.25, 0.3) is 0 Å². The molecule has 0 bridgehead atoms. The van der Waals surface area contributed by atoms with Crippen LogP contribution in [0, 0.1) is 0 Å². The highest BCUT2D eigenvalue weighted by molar-refractivity contribution is 5.23. The third-order valence-electron chi connectivity index (χ3n) is 1.14. The minimum atomic E-state index is -2.75. The molecule has 2 unspecified atom stereocenters. The Balaban J connectivity index is 2.85. The maximum atomic E-state index is 12.3. The SMILES string of the molecule is OC1C=CC(O)(F)C=C1F. The van der Waals surface area contributed by atoms with Crippen molar-refractivity contribution in [1.29, 1.82) is 0 Å². The first-order valence-corrected chi connectivity index (χ1v) is 2.68. The number of rotatable bonds is 0. The van der Waals surface area contributed by atoms with E-state index in [1.165, 1.54) is 0 Å². The summed E-state index contributed by atoms with van der Waals surface area (Å²) in [6, 6.07) is 0. The summed E-state index contributed by atoms with van der Waals surface area (Å²) >= 11 is 0. The highest BCUT2D eigenvalue weighted by atomic mass is 19.2. The quantitative estimate of drug-likeness (QED) is 0.489. The molecule has 0 aliphatic heterocycles. The number of alkyl halides is 1. The normalized spacial score (nSPS) is 39.6. The van der Waals surface area contributed by atoms with Crippen LogP contribution in [0.1, 0.15) is 0 Å². The molecule has 0 heterocycles. The van der Waals surface area contributed by atoms with Crippen LogP contribution in [0.15, 0.2) is 24.1 Å². The van der Waals surface area contributed by atoms with Gasteiger partial charge in [0.2, 0.25) is 5.85 Å². The molecule has 56 valence electrons. The van der Waals surface area contributed by atoms with Crippen molar-refractivity contribution in [1.82, 2.24) is 0 Å². The second-order valence-electron chi connectivity index (χ2n) is 2.06. The summed E-state index contributed by atoms with van der Waals surface area (Å²) < 4.78 is 24.6. The van der Waals surface area contributed by atoms with Gasteiger partial charge >= 0.3 is 0 Å². The number of aliphatic hydroxyl groups is 2. The fourth-order valence-electron chi connectivity index (χ4n) is 0.645. The van der Waals surface area contributed by atoms with Gasteiger partial charge in [-0.05, 0) is 12.2 Å². The maximum absolute atomic E-state index is 12.3. The van der Waals surface area contributed by atoms with Crippen LogP contribution in [0.25, 0.3) is 0 Å². The summed E-state index contributed by atoms with van der Waals surface area (Å²) in [4.78, 5) is 0. The van der Waals surface area contributed by atoms with Crippen LogP contribution in [-0.4, -0.2) is 22.2 Å². The van der Waals surface area contributed by atoms with Gasteiger partial charge in [-0.3, -0.25) is 0 Å². The van der Waals surface area contributed by atoms with Crippen molar-refractivity contribution in [3.05, 3.63) is 24.1 Å². The molecule has 0 aromatic carbocycles. The van der Waals surface area contributed by atoms with Gasteiger partial charge < -0.3 is 10.2 Å². The molecular weight excluding hydrogens is 142 g/mol. The van der Waals surface area contributed by atoms with E-state index in [-0.39, 0.29) is 0 Å². The van der Waals surface area contributed by atoms with Crippen LogP contribution in [-0.2, 0) is 0 Å². The molecule has 4 heteroatoms. The second-order valence-corrected chi connectivity index (χ2v) is 2.06. The van der Waals surface area contributed by atoms with Gasteiger partial charge in [-0.2, -0.15) is 0 Å². The van der Waals surface area contributed by atoms with Crippen LogP contribution < -0.4 is 0 Å². The van der Waals surface area contributed by atoms with E-state index in [0.29, 0.717) is 12.2 Å². The molecule has 0 saturated carbocycles. The van der Waals surface area contributed by atoms with E-state index in [0.717, 1.165) is 6.08 Å². The Labute approximate surface area is 56.1 Å². The minimum absolute atomic E-state index is 0.317. The smallest absolute Gasteiger partial charge is 0.248 e. The molecular formula is C6H6F2O2. The van der Waals surface area contributed by atoms with Crippen LogP contribution >= 0.6 is 0 Å². The van der Waals surface area contributed by atoms with E-state index < -0.39 is 17.8 Å². The predicted octanol–water partition coefficient (Wildman–Crippen LogP) is 0.429. The van der Waals surface area contributed by atoms with E-state index in [1.807, 2.05) is 0 Å². The highest BCUT2D eigenvalue weighted by Crippen LogP contribution is 2.22. The van der Waals surface area contributed by atoms with Crippen molar-refractivity contribution in [2.24, 2.45) is 0 Å². The van der Waals surface area contributed by atoms with Crippen molar-refractivity contribution in [2.75, 3.05) is 0 Å². The molecule has 0 amide bonds. The van der Waals surface area contributed by atoms with Crippen molar-refractivity contribution in [3.8, 4) is 0 Å². The first-order valence-electron chi connectivity index (χ1n) is 2.68. The fraction of sp³-hybridized carbons (Fsp3) is 0.333. The lowest BCUT2D eigenvalue weighted by Gasteiger charge is -2.15. The lowest BCUT2D eigenvalue weighted by molar-refractivity contribution is -0.000815. The standard InChI is InChI=1S/C6H6F2O2/c7-4-3-6(8,10)2-1-5(4)9/h1-3,5,9-10H. The van der Waals surface area contributed by atoms with Crippen molar-refractivity contribution in [2.45, 2.75) is 12.0 Å². The van der Waals surface area contributed by atoms with Crippen molar-refractivity contribution >= 4 is 0 Å². The first kappa shape index (κ1) is 7.37. The third-order valence-corrected chi connectivity index (χ3v) is 1.14. The summed E-state index contributed by atoms with van der Waals surface area (Å²) in [5.41, 5.74) is 0. The lowest BCUT2D eigenvalue weighted by atomic mass is 10.1. The molecule has 2 nitrogen and oxygen atoms in total. The zero-order valence-corrected chi connectivity index (χ0v) is 4.96. The summed E-state index contributed by atoms with van der Waals surface area (Å²) in [5.74, 6) is -3.82. The van der Waals surface area contributed by atoms with E-state index in [4.69, 9.17) is 10.2 Å². The Morgan fingerprint density at radius 3 is 2.60 bits per heavy atom. The third kappa shape index (κ3) is 1.40. The first-order chi connectivity index (χ1) is 4.51. The van der Waals surface area contributed by atoms with Crippen LogP contribution in [0.2, 0.25) is 0 Å². The molecule has 0 spiro atoms. The molecule has 1 rings (SSSR count). The molecule has 0 saturated heterocycles. The Morgan fingerprint density at radius 2 is 2.20 bits per heavy atom. The monoisotopic (exact) mass is 148 g/mol. The average Bonchev–Trinajstić information content (AvgIpc) is 1.79. The van der Waals surface area contributed by atoms with E-state index in [2.05, 4.69) is 0 Å². The maximum Gasteiger partial charge on any atom is 0.248 e. The van der Waals surface area contributed by atoms with E-state index in [9.17, 15) is 8.78 Å². The number of hydrogen-bond acceptors (Lipinski definition) is 2. The van der Waals surface area contributed by atoms with Crippen LogP contribution in [0.3, 0.4) is 0 Å². The number of hydrogen-bond donors (Lipinski definition) is 2. The summed E-state index contributed by atoms with van der Waals surface area (Å²) in [6.45, 7) is 0. The van der Waals surface area contributed by atoms with Gasteiger partial charge in [-0.25, -0.2) is 8.78 Å². The van der Waals surface area contributed by atoms with Gasteiger partial charge in [0, 0.05) is 6.08 Å². The van der Waals surface area contributed by atoms with Crippen LogP contribution in [0.5, 0.6) is 0 Å². The van der Waals surface area contributed by atoms with E-state index >= 15 is 0 Å². The van der Waals surface area contributed by atoms with E-state index in [1.54, 1.807) is 0 Å². The summed E-state index contributed by atoms with van der Waals surface area (Å²) in [6.07, 6.45) is 0.421. The lowest BCUT2D eigenvalue weighted by Crippen LogP contribution is -2.22. The Kier molecular flexibility index (Phi) is 1.58. The molecule has 2 atom stereocenters. The second kappa shape index (κ2) is 2.14. The summed E-state index contributed by atoms with van der Waals surface area (Å²) in [7, 11) is 0. The van der Waals surface area contributed by atoms with Gasteiger partial charge in [0.05, 0.1) is 0 Å². The molecule has 1 aliphatic carbocycles. The average molecular weight is 148 g/mol. The Bertz CT molecular complexity index is 196. The molecule has 0 aromatic rings. The molecule has 1 aliphatic rings. The zero-order valence-electron chi connectivity index (χ0n) is 4.96.